The Bertz CT molecular complexity index is 1690. The third kappa shape index (κ3) is 8.50. The molecule has 1 atom stereocenters. The minimum absolute atomic E-state index is 0.0462. The average Bonchev–Trinajstić information content (AvgIpc) is 3.48. The molecule has 0 radical (unpaired) electrons. The topological polar surface area (TPSA) is 87.3 Å². The normalized spacial score (nSPS) is 11.9. The smallest absolute Gasteiger partial charge is 0.253 e. The number of pyridine rings is 1. The van der Waals surface area contributed by atoms with Crippen molar-refractivity contribution < 1.29 is 14.3 Å². The molecule has 0 saturated heterocycles. The van der Waals surface area contributed by atoms with Crippen molar-refractivity contribution >= 4 is 33.6 Å². The molecule has 0 saturated carbocycles. The Morgan fingerprint density at radius 1 is 0.889 bits per heavy atom. The van der Waals surface area contributed by atoms with Gasteiger partial charge in [-0.05, 0) is 54.3 Å². The van der Waals surface area contributed by atoms with Gasteiger partial charge in [-0.1, -0.05) is 88.1 Å². The fourth-order valence-corrected chi connectivity index (χ4v) is 5.67. The van der Waals surface area contributed by atoms with Gasteiger partial charge in [0, 0.05) is 48.2 Å². The second-order valence-corrected chi connectivity index (χ2v) is 11.7. The molecular weight excluding hydrogens is 560 g/mol. The minimum Gasteiger partial charge on any atom is -0.489 e. The van der Waals surface area contributed by atoms with E-state index in [1.54, 1.807) is 6.20 Å². The number of nitrogens with one attached hydrogen (secondary N) is 2. The number of ether oxygens (including phenoxy) is 1. The molecule has 234 valence electrons. The van der Waals surface area contributed by atoms with Crippen LogP contribution in [0.5, 0.6) is 5.75 Å². The fourth-order valence-electron chi connectivity index (χ4n) is 5.67. The van der Waals surface area contributed by atoms with Crippen LogP contribution in [0, 0.1) is 0 Å². The van der Waals surface area contributed by atoms with Gasteiger partial charge in [0.25, 0.3) is 5.91 Å². The molecule has 2 N–H and O–H groups in total. The zero-order chi connectivity index (χ0) is 31.4. The van der Waals surface area contributed by atoms with Crippen LogP contribution in [0.3, 0.4) is 0 Å². The van der Waals surface area contributed by atoms with Crippen LogP contribution in [-0.2, 0) is 17.8 Å². The maximum atomic E-state index is 14.3. The van der Waals surface area contributed by atoms with E-state index in [-0.39, 0.29) is 11.8 Å². The van der Waals surface area contributed by atoms with Crippen LogP contribution < -0.4 is 10.1 Å². The maximum Gasteiger partial charge on any atom is 0.253 e. The van der Waals surface area contributed by atoms with Crippen LogP contribution in [0.2, 0.25) is 0 Å². The molecule has 2 heterocycles. The summed E-state index contributed by atoms with van der Waals surface area (Å²) >= 11 is 0. The second-order valence-electron chi connectivity index (χ2n) is 11.7. The Kier molecular flexibility index (Phi) is 11.2. The van der Waals surface area contributed by atoms with Crippen molar-refractivity contribution in [1.29, 1.82) is 0 Å². The number of nitrogens with zero attached hydrogens (tertiary/aromatic N) is 2. The van der Waals surface area contributed by atoms with Crippen LogP contribution in [0.1, 0.15) is 73.9 Å². The number of H-pyrrole nitrogens is 1. The number of carbonyl (C=O) groups excluding carboxylic acids is 2. The summed E-state index contributed by atoms with van der Waals surface area (Å²) in [4.78, 5) is 37.7. The first-order chi connectivity index (χ1) is 22.1. The molecule has 2 aromatic heterocycles. The molecule has 45 heavy (non-hydrogen) atoms. The first-order valence-corrected chi connectivity index (χ1v) is 16.3. The summed E-state index contributed by atoms with van der Waals surface area (Å²) in [6.45, 7) is 6.17. The van der Waals surface area contributed by atoms with Crippen LogP contribution in [0.25, 0.3) is 21.8 Å². The number of carbonyl (C=O) groups is 2. The van der Waals surface area contributed by atoms with Gasteiger partial charge in [-0.25, -0.2) is 0 Å². The van der Waals surface area contributed by atoms with E-state index in [0.29, 0.717) is 31.7 Å². The zero-order valence-electron chi connectivity index (χ0n) is 26.4. The Labute approximate surface area is 266 Å². The van der Waals surface area contributed by atoms with E-state index in [2.05, 4.69) is 29.1 Å². The van der Waals surface area contributed by atoms with E-state index in [1.165, 1.54) is 0 Å². The van der Waals surface area contributed by atoms with E-state index in [0.717, 1.165) is 77.2 Å². The summed E-state index contributed by atoms with van der Waals surface area (Å²) in [5, 5.41) is 4.97. The molecule has 0 aliphatic carbocycles. The monoisotopic (exact) mass is 604 g/mol. The number of benzene rings is 3. The lowest BCUT2D eigenvalue weighted by atomic mass is 10.0. The highest BCUT2D eigenvalue weighted by atomic mass is 16.5. The van der Waals surface area contributed by atoms with Gasteiger partial charge in [0.15, 0.2) is 0 Å². The third-order valence-corrected chi connectivity index (χ3v) is 8.24. The van der Waals surface area contributed by atoms with Crippen molar-refractivity contribution in [2.45, 2.75) is 71.4 Å². The van der Waals surface area contributed by atoms with Gasteiger partial charge in [-0.3, -0.25) is 14.6 Å². The van der Waals surface area contributed by atoms with Crippen molar-refractivity contribution in [2.75, 3.05) is 13.1 Å². The lowest BCUT2D eigenvalue weighted by Crippen LogP contribution is -2.50. The van der Waals surface area contributed by atoms with E-state index in [1.807, 2.05) is 90.0 Å². The van der Waals surface area contributed by atoms with Crippen LogP contribution >= 0.6 is 0 Å². The van der Waals surface area contributed by atoms with Crippen molar-refractivity contribution in [3.63, 3.8) is 0 Å². The highest BCUT2D eigenvalue weighted by molar-refractivity contribution is 6.00. The lowest BCUT2D eigenvalue weighted by molar-refractivity contribution is -0.133. The van der Waals surface area contributed by atoms with Crippen molar-refractivity contribution in [1.82, 2.24) is 20.2 Å². The maximum absolute atomic E-state index is 14.3. The van der Waals surface area contributed by atoms with Crippen LogP contribution in [0.15, 0.2) is 91.3 Å². The van der Waals surface area contributed by atoms with E-state index in [9.17, 15) is 9.59 Å². The number of hydrogen-bond acceptors (Lipinski definition) is 4. The fraction of sp³-hybridized carbons (Fsp3) is 0.342. The number of amides is 2. The molecule has 5 aromatic rings. The summed E-state index contributed by atoms with van der Waals surface area (Å²) in [6.07, 6.45) is 10.0. The Hall–Kier alpha value is -4.65. The third-order valence-electron chi connectivity index (χ3n) is 8.24. The first-order valence-electron chi connectivity index (χ1n) is 16.3. The largest absolute Gasteiger partial charge is 0.489 e. The quantitative estimate of drug-likeness (QED) is 0.112. The van der Waals surface area contributed by atoms with Crippen molar-refractivity contribution in [3.8, 4) is 5.75 Å². The standard InChI is InChI=1S/C38H44N4O3/c1-3-5-12-20-42(21-13-6-4-2)38(44)36(41-37(43)31-22-29-16-10-11-17-34(29)39-26-31)23-30-25-40-35-19-18-32(24-33(30)35)45-27-28-14-8-7-9-15-28/h7-11,14-19,22,24-26,36,40H,3-6,12-13,20-21,23,27H2,1-2H3,(H,41,43)/t36-/m0/s1. The number of para-hydroxylation sites is 1. The molecule has 0 fully saturated rings. The summed E-state index contributed by atoms with van der Waals surface area (Å²) in [6, 6.07) is 24.8. The number of aromatic nitrogens is 2. The summed E-state index contributed by atoms with van der Waals surface area (Å²) in [7, 11) is 0. The summed E-state index contributed by atoms with van der Waals surface area (Å²) in [5.41, 5.74) is 4.26. The highest BCUT2D eigenvalue weighted by Crippen LogP contribution is 2.26. The molecule has 0 aliphatic rings. The SMILES string of the molecule is CCCCCN(CCCCC)C(=O)[C@H](Cc1c[nH]c2ccc(OCc3ccccc3)cc12)NC(=O)c1cnc2ccccc2c1. The summed E-state index contributed by atoms with van der Waals surface area (Å²) < 4.78 is 6.12. The van der Waals surface area contributed by atoms with Gasteiger partial charge < -0.3 is 19.9 Å². The molecule has 7 heteroatoms. The van der Waals surface area contributed by atoms with Gasteiger partial charge >= 0.3 is 0 Å². The average molecular weight is 605 g/mol. The Morgan fingerprint density at radius 2 is 1.62 bits per heavy atom. The summed E-state index contributed by atoms with van der Waals surface area (Å²) in [5.74, 6) is 0.401. The molecule has 0 spiro atoms. The number of aromatic amines is 1. The predicted octanol–water partition coefficient (Wildman–Crippen LogP) is 7.85. The number of fused-ring (bicyclic) bond motifs is 2. The van der Waals surface area contributed by atoms with E-state index < -0.39 is 6.04 Å². The highest BCUT2D eigenvalue weighted by Gasteiger charge is 2.28. The van der Waals surface area contributed by atoms with Crippen LogP contribution in [0.4, 0.5) is 0 Å². The Morgan fingerprint density at radius 3 is 2.38 bits per heavy atom. The molecular formula is C38H44N4O3. The number of unbranched alkanes of at least 4 members (excludes halogenated alkanes) is 4. The molecule has 3 aromatic carbocycles. The Balaban J connectivity index is 1.41. The first kappa shape index (κ1) is 31.8. The zero-order valence-corrected chi connectivity index (χ0v) is 26.4. The lowest BCUT2D eigenvalue weighted by Gasteiger charge is -2.28. The van der Waals surface area contributed by atoms with Gasteiger partial charge in [-0.15, -0.1) is 0 Å². The van der Waals surface area contributed by atoms with Gasteiger partial charge in [0.2, 0.25) is 5.91 Å². The van der Waals surface area contributed by atoms with Crippen LogP contribution in [-0.4, -0.2) is 45.8 Å². The van der Waals surface area contributed by atoms with Crippen molar-refractivity contribution in [3.05, 3.63) is 108 Å². The molecule has 7 nitrogen and oxygen atoms in total. The number of hydrogen-bond donors (Lipinski definition) is 2. The van der Waals surface area contributed by atoms with E-state index >= 15 is 0 Å². The predicted molar refractivity (Wildman–Crippen MR) is 181 cm³/mol. The van der Waals surface area contributed by atoms with E-state index in [4.69, 9.17) is 4.74 Å². The van der Waals surface area contributed by atoms with Gasteiger partial charge in [0.1, 0.15) is 18.4 Å². The number of rotatable bonds is 16. The molecule has 0 aliphatic heterocycles. The molecule has 2 amide bonds. The second kappa shape index (κ2) is 15.9. The van der Waals surface area contributed by atoms with Crippen molar-refractivity contribution in [2.24, 2.45) is 0 Å². The molecule has 0 unspecified atom stereocenters. The molecule has 0 bridgehead atoms. The molecule has 5 rings (SSSR count). The van der Waals surface area contributed by atoms with Gasteiger partial charge in [-0.2, -0.15) is 0 Å². The van der Waals surface area contributed by atoms with Gasteiger partial charge in [0.05, 0.1) is 11.1 Å². The minimum atomic E-state index is -0.736.